The monoisotopic (exact) mass is 476 g/mol. The van der Waals surface area contributed by atoms with E-state index in [0.29, 0.717) is 33.2 Å². The summed E-state index contributed by atoms with van der Waals surface area (Å²) in [6, 6.07) is 6.98. The molecule has 34 heavy (non-hydrogen) atoms. The van der Waals surface area contributed by atoms with Crippen LogP contribution in [0.5, 0.6) is 0 Å². The minimum Gasteiger partial charge on any atom is -0.382 e. The number of carbonyl (C=O) groups excluding carboxylic acids is 2. The zero-order chi connectivity index (χ0) is 23.8. The molecule has 5 N–H and O–H groups in total. The molecular formula is C23H24N8O2S. The zero-order valence-corrected chi connectivity index (χ0v) is 19.4. The van der Waals surface area contributed by atoms with Gasteiger partial charge in [0.1, 0.15) is 5.52 Å². The van der Waals surface area contributed by atoms with E-state index in [4.69, 9.17) is 16.5 Å². The van der Waals surface area contributed by atoms with E-state index in [1.54, 1.807) is 24.5 Å². The van der Waals surface area contributed by atoms with Crippen molar-refractivity contribution in [3.8, 4) is 11.4 Å². The van der Waals surface area contributed by atoms with Gasteiger partial charge in [0, 0.05) is 28.5 Å². The molecule has 0 atom stereocenters. The molecule has 1 aliphatic carbocycles. The second-order valence-electron chi connectivity index (χ2n) is 8.49. The summed E-state index contributed by atoms with van der Waals surface area (Å²) in [6.07, 6.45) is 4.89. The highest BCUT2D eigenvalue weighted by Gasteiger charge is 2.29. The number of primary amides is 1. The van der Waals surface area contributed by atoms with Crippen LogP contribution in [0.4, 0.5) is 10.9 Å². The maximum Gasteiger partial charge on any atom is 0.248 e. The Bertz CT molecular complexity index is 1390. The number of imidazole rings is 1. The van der Waals surface area contributed by atoms with E-state index in [9.17, 15) is 9.59 Å². The standard InChI is InChI=1S/C23H24N8O2S/c1-12-10-34-23(27-12)30-22(33)13-5-7-16(8-6-13)31-11-26-17-18(24)28-20(29-21(17)31)15-4-2-3-14(9-15)19(25)32/h2-4,9-11,13,16H,5-8H2,1H3,(H2,25,32)(H2,24,28,29)(H,27,30,33)/t13-,16+. The van der Waals surface area contributed by atoms with Gasteiger partial charge < -0.3 is 21.4 Å². The van der Waals surface area contributed by atoms with Crippen molar-refractivity contribution >= 4 is 45.3 Å². The first-order valence-electron chi connectivity index (χ1n) is 11.0. The molecule has 0 unspecified atom stereocenters. The normalized spacial score (nSPS) is 18.1. The Morgan fingerprint density at radius 2 is 1.94 bits per heavy atom. The molecule has 3 aromatic heterocycles. The molecule has 5 rings (SSSR count). The van der Waals surface area contributed by atoms with E-state index in [1.165, 1.54) is 11.3 Å². The number of aromatic nitrogens is 5. The number of nitrogens with zero attached hydrogens (tertiary/aromatic N) is 5. The highest BCUT2D eigenvalue weighted by atomic mass is 32.1. The van der Waals surface area contributed by atoms with Crippen molar-refractivity contribution in [3.05, 3.63) is 47.2 Å². The third-order valence-corrected chi connectivity index (χ3v) is 7.04. The van der Waals surface area contributed by atoms with E-state index >= 15 is 0 Å². The Balaban J connectivity index is 1.36. The van der Waals surface area contributed by atoms with Crippen LogP contribution in [0.1, 0.15) is 47.8 Å². The van der Waals surface area contributed by atoms with Gasteiger partial charge in [0.05, 0.1) is 12.0 Å². The number of nitrogens with one attached hydrogen (secondary N) is 1. The SMILES string of the molecule is Cc1csc(NC(=O)[C@H]2CC[C@@H](n3cnc4c(N)nc(-c5cccc(C(N)=O)c5)nc43)CC2)n1. The van der Waals surface area contributed by atoms with Crippen LogP contribution in [0.3, 0.4) is 0 Å². The molecule has 1 saturated carbocycles. The number of aryl methyl sites for hydroxylation is 1. The quantitative estimate of drug-likeness (QED) is 0.399. The lowest BCUT2D eigenvalue weighted by Gasteiger charge is -2.28. The summed E-state index contributed by atoms with van der Waals surface area (Å²) >= 11 is 1.44. The third-order valence-electron chi connectivity index (χ3n) is 6.16. The molecule has 11 heteroatoms. The fraction of sp³-hybridized carbons (Fsp3) is 0.304. The smallest absolute Gasteiger partial charge is 0.248 e. The van der Waals surface area contributed by atoms with Crippen LogP contribution in [0.15, 0.2) is 36.0 Å². The number of benzene rings is 1. The summed E-state index contributed by atoms with van der Waals surface area (Å²) in [5.74, 6) is 0.122. The number of fused-ring (bicyclic) bond motifs is 1. The van der Waals surface area contributed by atoms with Crippen molar-refractivity contribution in [3.63, 3.8) is 0 Å². The van der Waals surface area contributed by atoms with E-state index in [2.05, 4.69) is 20.3 Å². The van der Waals surface area contributed by atoms with E-state index in [0.717, 1.165) is 31.4 Å². The van der Waals surface area contributed by atoms with Crippen LogP contribution in [-0.4, -0.2) is 36.3 Å². The molecule has 0 spiro atoms. The molecule has 0 radical (unpaired) electrons. The molecule has 4 aromatic rings. The Morgan fingerprint density at radius 3 is 2.65 bits per heavy atom. The first kappa shape index (κ1) is 22.0. The van der Waals surface area contributed by atoms with Crippen molar-refractivity contribution in [1.29, 1.82) is 0 Å². The number of hydrogen-bond donors (Lipinski definition) is 3. The van der Waals surface area contributed by atoms with E-state index < -0.39 is 5.91 Å². The van der Waals surface area contributed by atoms with Crippen LogP contribution in [0, 0.1) is 12.8 Å². The summed E-state index contributed by atoms with van der Waals surface area (Å²) in [6.45, 7) is 1.91. The second-order valence-corrected chi connectivity index (χ2v) is 9.35. The van der Waals surface area contributed by atoms with Crippen LogP contribution < -0.4 is 16.8 Å². The predicted octanol–water partition coefficient (Wildman–Crippen LogP) is 3.31. The Morgan fingerprint density at radius 1 is 1.15 bits per heavy atom. The van der Waals surface area contributed by atoms with Crippen LogP contribution >= 0.6 is 11.3 Å². The fourth-order valence-corrected chi connectivity index (χ4v) is 5.07. The molecule has 0 bridgehead atoms. The number of nitrogens with two attached hydrogens (primary N) is 2. The van der Waals surface area contributed by atoms with Crippen molar-refractivity contribution in [2.24, 2.45) is 11.7 Å². The summed E-state index contributed by atoms with van der Waals surface area (Å²) < 4.78 is 2.02. The number of thiazole rings is 1. The number of anilines is 2. The average molecular weight is 477 g/mol. The fourth-order valence-electron chi connectivity index (χ4n) is 4.38. The van der Waals surface area contributed by atoms with Gasteiger partial charge in [-0.25, -0.2) is 19.9 Å². The van der Waals surface area contributed by atoms with Gasteiger partial charge in [-0.1, -0.05) is 12.1 Å². The first-order valence-corrected chi connectivity index (χ1v) is 11.9. The van der Waals surface area contributed by atoms with Gasteiger partial charge in [-0.15, -0.1) is 11.3 Å². The minimum absolute atomic E-state index is 0.0199. The predicted molar refractivity (Wildman–Crippen MR) is 130 cm³/mol. The first-order chi connectivity index (χ1) is 16.4. The van der Waals surface area contributed by atoms with Gasteiger partial charge in [0.15, 0.2) is 22.4 Å². The molecule has 1 fully saturated rings. The molecule has 174 valence electrons. The molecule has 2 amide bonds. The highest BCUT2D eigenvalue weighted by molar-refractivity contribution is 7.13. The molecular weight excluding hydrogens is 452 g/mol. The van der Waals surface area contributed by atoms with Gasteiger partial charge >= 0.3 is 0 Å². The van der Waals surface area contributed by atoms with Crippen molar-refractivity contribution in [2.45, 2.75) is 38.6 Å². The van der Waals surface area contributed by atoms with Crippen LogP contribution in [0.25, 0.3) is 22.6 Å². The molecule has 3 heterocycles. The maximum absolute atomic E-state index is 12.7. The summed E-state index contributed by atoms with van der Waals surface area (Å²) in [4.78, 5) is 42.1. The lowest BCUT2D eigenvalue weighted by molar-refractivity contribution is -0.121. The summed E-state index contributed by atoms with van der Waals surface area (Å²) in [5, 5.41) is 5.50. The van der Waals surface area contributed by atoms with Crippen LogP contribution in [0.2, 0.25) is 0 Å². The Kier molecular flexibility index (Phi) is 5.70. The lowest BCUT2D eigenvalue weighted by Crippen LogP contribution is -2.28. The van der Waals surface area contributed by atoms with Gasteiger partial charge in [-0.05, 0) is 44.7 Å². The van der Waals surface area contributed by atoms with Crippen molar-refractivity contribution in [2.75, 3.05) is 11.1 Å². The number of rotatable bonds is 5. The number of hydrogen-bond acceptors (Lipinski definition) is 8. The summed E-state index contributed by atoms with van der Waals surface area (Å²) in [5.41, 5.74) is 14.7. The minimum atomic E-state index is -0.522. The van der Waals surface area contributed by atoms with Crippen molar-refractivity contribution < 1.29 is 9.59 Å². The maximum atomic E-state index is 12.7. The summed E-state index contributed by atoms with van der Waals surface area (Å²) in [7, 11) is 0. The Labute approximate surface area is 199 Å². The molecule has 1 aromatic carbocycles. The number of amides is 2. The molecule has 0 saturated heterocycles. The van der Waals surface area contributed by atoms with E-state index in [-0.39, 0.29) is 23.7 Å². The number of carbonyl (C=O) groups is 2. The highest BCUT2D eigenvalue weighted by Crippen LogP contribution is 2.35. The molecule has 1 aliphatic rings. The van der Waals surface area contributed by atoms with E-state index in [1.807, 2.05) is 22.9 Å². The van der Waals surface area contributed by atoms with Gasteiger partial charge in [0.25, 0.3) is 0 Å². The van der Waals surface area contributed by atoms with Crippen molar-refractivity contribution in [1.82, 2.24) is 24.5 Å². The van der Waals surface area contributed by atoms with Gasteiger partial charge in [-0.3, -0.25) is 9.59 Å². The molecule has 0 aliphatic heterocycles. The number of nitrogen functional groups attached to an aromatic ring is 1. The molecule has 10 nitrogen and oxygen atoms in total. The Hall–Kier alpha value is -3.86. The van der Waals surface area contributed by atoms with Gasteiger partial charge in [0.2, 0.25) is 11.8 Å². The van der Waals surface area contributed by atoms with Crippen LogP contribution in [-0.2, 0) is 4.79 Å². The topological polar surface area (TPSA) is 155 Å². The second kappa shape index (κ2) is 8.82. The largest absolute Gasteiger partial charge is 0.382 e. The average Bonchev–Trinajstić information content (AvgIpc) is 3.45. The zero-order valence-electron chi connectivity index (χ0n) is 18.6. The van der Waals surface area contributed by atoms with Gasteiger partial charge in [-0.2, -0.15) is 0 Å². The third kappa shape index (κ3) is 4.21. The lowest BCUT2D eigenvalue weighted by atomic mass is 9.85.